The second-order valence-electron chi connectivity index (χ2n) is 7.26. The van der Waals surface area contributed by atoms with Crippen molar-refractivity contribution in [3.8, 4) is 5.75 Å². The van der Waals surface area contributed by atoms with E-state index in [2.05, 4.69) is 50.3 Å². The molecule has 0 spiro atoms. The second kappa shape index (κ2) is 7.48. The molecule has 26 heavy (non-hydrogen) atoms. The number of rotatable bonds is 5. The van der Waals surface area contributed by atoms with Crippen molar-refractivity contribution in [3.05, 3.63) is 89.5 Å². The van der Waals surface area contributed by atoms with Gasteiger partial charge in [0, 0.05) is 0 Å². The molecule has 1 atom stereocenters. The van der Waals surface area contributed by atoms with E-state index in [1.807, 2.05) is 42.5 Å². The first-order chi connectivity index (χ1) is 12.4. The number of methoxy groups -OCH3 is 1. The maximum absolute atomic E-state index is 11.2. The number of hydrogen-bond acceptors (Lipinski definition) is 2. The molecule has 3 aromatic carbocycles. The average molecular weight is 363 g/mol. The SMILES string of the molecule is COc1ccc([Si](C)(C)c2ccccc2)c([C@@H](O)c2ccc(C)cc2)c1. The van der Waals surface area contributed by atoms with Crippen molar-refractivity contribution in [2.24, 2.45) is 0 Å². The Morgan fingerprint density at radius 3 is 2.15 bits per heavy atom. The maximum atomic E-state index is 11.2. The Morgan fingerprint density at radius 2 is 1.54 bits per heavy atom. The first kappa shape index (κ1) is 18.4. The fourth-order valence-corrected chi connectivity index (χ4v) is 6.17. The first-order valence-electron chi connectivity index (χ1n) is 8.92. The molecule has 3 aromatic rings. The van der Waals surface area contributed by atoms with Crippen molar-refractivity contribution in [1.29, 1.82) is 0 Å². The summed E-state index contributed by atoms with van der Waals surface area (Å²) in [5.74, 6) is 0.771. The molecule has 0 saturated carbocycles. The van der Waals surface area contributed by atoms with Crippen LogP contribution in [0.4, 0.5) is 0 Å². The smallest absolute Gasteiger partial charge is 0.119 e. The van der Waals surface area contributed by atoms with Crippen LogP contribution in [0.2, 0.25) is 13.1 Å². The fourth-order valence-electron chi connectivity index (χ4n) is 3.40. The van der Waals surface area contributed by atoms with Crippen LogP contribution in [-0.2, 0) is 0 Å². The van der Waals surface area contributed by atoms with Gasteiger partial charge in [0.1, 0.15) is 19.9 Å². The average Bonchev–Trinajstić information content (AvgIpc) is 2.68. The normalized spacial score (nSPS) is 12.7. The molecular formula is C23H26O2Si. The molecule has 0 unspecified atom stereocenters. The van der Waals surface area contributed by atoms with E-state index in [0.717, 1.165) is 16.9 Å². The predicted octanol–water partition coefficient (Wildman–Crippen LogP) is 3.91. The Labute approximate surface area is 157 Å². The van der Waals surface area contributed by atoms with E-state index in [4.69, 9.17) is 4.74 Å². The summed E-state index contributed by atoms with van der Waals surface area (Å²) in [6, 6.07) is 24.8. The zero-order valence-corrected chi connectivity index (χ0v) is 16.9. The summed E-state index contributed by atoms with van der Waals surface area (Å²) in [4.78, 5) is 0. The lowest BCUT2D eigenvalue weighted by Crippen LogP contribution is -2.54. The van der Waals surface area contributed by atoms with Gasteiger partial charge >= 0.3 is 0 Å². The topological polar surface area (TPSA) is 29.5 Å². The van der Waals surface area contributed by atoms with Crippen molar-refractivity contribution in [2.45, 2.75) is 26.1 Å². The van der Waals surface area contributed by atoms with E-state index in [-0.39, 0.29) is 0 Å². The number of aliphatic hydroxyl groups excluding tert-OH is 1. The lowest BCUT2D eigenvalue weighted by Gasteiger charge is -2.29. The minimum atomic E-state index is -1.96. The highest BCUT2D eigenvalue weighted by Gasteiger charge is 2.30. The van der Waals surface area contributed by atoms with E-state index >= 15 is 0 Å². The predicted molar refractivity (Wildman–Crippen MR) is 111 cm³/mol. The quantitative estimate of drug-likeness (QED) is 0.698. The molecule has 3 rings (SSSR count). The molecule has 0 aliphatic heterocycles. The summed E-state index contributed by atoms with van der Waals surface area (Å²) in [6.45, 7) is 6.71. The van der Waals surface area contributed by atoms with Gasteiger partial charge in [-0.1, -0.05) is 84.5 Å². The van der Waals surface area contributed by atoms with E-state index in [1.165, 1.54) is 15.9 Å². The van der Waals surface area contributed by atoms with Gasteiger partial charge in [-0.25, -0.2) is 0 Å². The van der Waals surface area contributed by atoms with Gasteiger partial charge in [0.25, 0.3) is 0 Å². The van der Waals surface area contributed by atoms with Crippen molar-refractivity contribution in [3.63, 3.8) is 0 Å². The van der Waals surface area contributed by atoms with Crippen LogP contribution in [0.25, 0.3) is 0 Å². The summed E-state index contributed by atoms with van der Waals surface area (Å²) >= 11 is 0. The Hall–Kier alpha value is -2.36. The molecule has 134 valence electrons. The Bertz CT molecular complexity index is 870. The van der Waals surface area contributed by atoms with Crippen molar-refractivity contribution >= 4 is 18.4 Å². The van der Waals surface area contributed by atoms with Crippen LogP contribution < -0.4 is 15.1 Å². The Morgan fingerprint density at radius 1 is 0.885 bits per heavy atom. The van der Waals surface area contributed by atoms with Crippen LogP contribution >= 0.6 is 0 Å². The zero-order chi connectivity index (χ0) is 18.7. The molecule has 0 amide bonds. The van der Waals surface area contributed by atoms with Gasteiger partial charge in [0.2, 0.25) is 0 Å². The molecule has 0 radical (unpaired) electrons. The fraction of sp³-hybridized carbons (Fsp3) is 0.217. The lowest BCUT2D eigenvalue weighted by molar-refractivity contribution is 0.221. The molecule has 0 aromatic heterocycles. The third kappa shape index (κ3) is 3.59. The molecule has 2 nitrogen and oxygen atoms in total. The molecule has 3 heteroatoms. The lowest BCUT2D eigenvalue weighted by atomic mass is 10.0. The highest BCUT2D eigenvalue weighted by Crippen LogP contribution is 2.26. The van der Waals surface area contributed by atoms with Crippen molar-refractivity contribution in [1.82, 2.24) is 0 Å². The van der Waals surface area contributed by atoms with E-state index in [1.54, 1.807) is 7.11 Å². The molecule has 0 aliphatic rings. The standard InChI is InChI=1S/C23H26O2Si/c1-17-10-12-18(13-11-17)23(24)21-16-19(25-2)14-15-22(21)26(3,4)20-8-6-5-7-9-20/h5-16,23-24H,1-4H3/t23-/m0/s1. The number of aliphatic hydroxyl groups is 1. The summed E-state index contributed by atoms with van der Waals surface area (Å²) in [7, 11) is -0.294. The largest absolute Gasteiger partial charge is 0.497 e. The monoisotopic (exact) mass is 362 g/mol. The van der Waals surface area contributed by atoms with Crippen LogP contribution in [0.15, 0.2) is 72.8 Å². The number of ether oxygens (including phenoxy) is 1. The summed E-state index contributed by atoms with van der Waals surface area (Å²) in [6.07, 6.45) is -0.670. The summed E-state index contributed by atoms with van der Waals surface area (Å²) < 4.78 is 5.44. The minimum absolute atomic E-state index is 0.670. The van der Waals surface area contributed by atoms with Crippen molar-refractivity contribution in [2.75, 3.05) is 7.11 Å². The van der Waals surface area contributed by atoms with Crippen LogP contribution in [0.3, 0.4) is 0 Å². The Balaban J connectivity index is 2.13. The number of hydrogen-bond donors (Lipinski definition) is 1. The summed E-state index contributed by atoms with van der Waals surface area (Å²) in [5.41, 5.74) is 3.03. The molecule has 0 heterocycles. The zero-order valence-electron chi connectivity index (χ0n) is 15.9. The van der Waals surface area contributed by atoms with E-state index < -0.39 is 14.2 Å². The van der Waals surface area contributed by atoms with Crippen LogP contribution in [0, 0.1) is 6.92 Å². The van der Waals surface area contributed by atoms with Gasteiger partial charge in [-0.15, -0.1) is 0 Å². The highest BCUT2D eigenvalue weighted by atomic mass is 28.3. The Kier molecular flexibility index (Phi) is 5.30. The molecule has 0 saturated heterocycles. The number of benzene rings is 3. The van der Waals surface area contributed by atoms with Gasteiger partial charge in [0.15, 0.2) is 0 Å². The van der Waals surface area contributed by atoms with Gasteiger partial charge in [-0.2, -0.15) is 0 Å². The highest BCUT2D eigenvalue weighted by molar-refractivity contribution is 7.00. The van der Waals surface area contributed by atoms with Crippen LogP contribution in [-0.4, -0.2) is 20.3 Å². The second-order valence-corrected chi connectivity index (χ2v) is 11.6. The third-order valence-corrected chi connectivity index (χ3v) is 8.69. The molecule has 1 N–H and O–H groups in total. The third-order valence-electron chi connectivity index (χ3n) is 5.12. The van der Waals surface area contributed by atoms with Gasteiger partial charge < -0.3 is 9.84 Å². The van der Waals surface area contributed by atoms with E-state index in [9.17, 15) is 5.11 Å². The first-order valence-corrected chi connectivity index (χ1v) is 11.9. The van der Waals surface area contributed by atoms with Crippen molar-refractivity contribution < 1.29 is 9.84 Å². The molecular weight excluding hydrogens is 336 g/mol. The van der Waals surface area contributed by atoms with Crippen LogP contribution in [0.1, 0.15) is 22.8 Å². The van der Waals surface area contributed by atoms with Crippen LogP contribution in [0.5, 0.6) is 5.75 Å². The molecule has 0 bridgehead atoms. The summed E-state index contributed by atoms with van der Waals surface area (Å²) in [5, 5.41) is 13.7. The minimum Gasteiger partial charge on any atom is -0.497 e. The van der Waals surface area contributed by atoms with E-state index in [0.29, 0.717) is 0 Å². The molecule has 0 aliphatic carbocycles. The van der Waals surface area contributed by atoms with Gasteiger partial charge in [-0.3, -0.25) is 0 Å². The van der Waals surface area contributed by atoms with Gasteiger partial charge in [-0.05, 0) is 35.4 Å². The molecule has 0 fully saturated rings. The van der Waals surface area contributed by atoms with Gasteiger partial charge in [0.05, 0.1) is 7.11 Å². The number of aryl methyl sites for hydroxylation is 1. The maximum Gasteiger partial charge on any atom is 0.119 e.